The van der Waals surface area contributed by atoms with E-state index in [1.54, 1.807) is 17.1 Å². The molecule has 4 rings (SSSR count). The Bertz CT molecular complexity index is 1080. The molecule has 0 saturated carbocycles. The number of H-pyrrole nitrogens is 1. The van der Waals surface area contributed by atoms with Crippen LogP contribution in [-0.2, 0) is 11.3 Å². The van der Waals surface area contributed by atoms with Crippen molar-refractivity contribution in [3.8, 4) is 5.88 Å². The van der Waals surface area contributed by atoms with Gasteiger partial charge in [0.05, 0.1) is 28.8 Å². The predicted molar refractivity (Wildman–Crippen MR) is 106 cm³/mol. The van der Waals surface area contributed by atoms with Crippen LogP contribution in [-0.4, -0.2) is 54.7 Å². The number of likely N-dealkylation sites (tertiary alicyclic amines) is 1. The molecule has 1 atom stereocenters. The lowest BCUT2D eigenvalue weighted by Gasteiger charge is -2.16. The van der Waals surface area contributed by atoms with E-state index in [4.69, 9.17) is 16.3 Å². The molecule has 1 amide bonds. The average molecular weight is 420 g/mol. The van der Waals surface area contributed by atoms with Crippen LogP contribution in [0.3, 0.4) is 0 Å². The predicted octanol–water partition coefficient (Wildman–Crippen LogP) is 3.03. The fourth-order valence-corrected chi connectivity index (χ4v) is 3.40. The number of carbonyl (C=O) groups excluding carboxylic acids is 1. The summed E-state index contributed by atoms with van der Waals surface area (Å²) in [5, 5.41) is 8.26. The number of anilines is 2. The number of aromatic amines is 1. The number of nitrogens with one attached hydrogen (secondary N) is 2. The second-order valence-electron chi connectivity index (χ2n) is 6.61. The van der Waals surface area contributed by atoms with Crippen molar-refractivity contribution < 1.29 is 13.9 Å². The van der Waals surface area contributed by atoms with E-state index in [9.17, 15) is 9.18 Å². The van der Waals surface area contributed by atoms with Crippen LogP contribution in [0.5, 0.6) is 5.88 Å². The number of ether oxygens (including phenoxy) is 1. The topological polar surface area (TPSA) is 101 Å². The highest BCUT2D eigenvalue weighted by atomic mass is 35.5. The van der Waals surface area contributed by atoms with Gasteiger partial charge in [0.25, 0.3) is 5.91 Å². The molecule has 1 saturated heterocycles. The SMILES string of the molecule is C=C(F)C(=O)N1CC[C@@H](Oc2nc(Nc3cnn(CC)c3)nc3[nH]cc(Cl)c23)C1. The molecule has 1 aliphatic heterocycles. The molecule has 3 aromatic rings. The Morgan fingerprint density at radius 2 is 2.34 bits per heavy atom. The summed E-state index contributed by atoms with van der Waals surface area (Å²) in [5.74, 6) is -1.11. The molecule has 0 radical (unpaired) electrons. The third-order valence-electron chi connectivity index (χ3n) is 4.61. The van der Waals surface area contributed by atoms with E-state index in [0.717, 1.165) is 12.2 Å². The van der Waals surface area contributed by atoms with E-state index < -0.39 is 11.7 Å². The van der Waals surface area contributed by atoms with Gasteiger partial charge in [-0.15, -0.1) is 0 Å². The number of amides is 1. The van der Waals surface area contributed by atoms with E-state index in [1.165, 1.54) is 4.90 Å². The van der Waals surface area contributed by atoms with E-state index in [-0.39, 0.29) is 18.5 Å². The summed E-state index contributed by atoms with van der Waals surface area (Å²) in [6.45, 7) is 6.40. The maximum absolute atomic E-state index is 13.1. The van der Waals surface area contributed by atoms with Crippen LogP contribution in [0.25, 0.3) is 11.0 Å². The zero-order chi connectivity index (χ0) is 20.5. The molecule has 9 nitrogen and oxygen atoms in total. The van der Waals surface area contributed by atoms with Gasteiger partial charge in [-0.1, -0.05) is 18.2 Å². The zero-order valence-electron chi connectivity index (χ0n) is 15.7. The summed E-state index contributed by atoms with van der Waals surface area (Å²) in [6, 6.07) is 0. The minimum Gasteiger partial charge on any atom is -0.472 e. The Kier molecular flexibility index (Phi) is 5.10. The Morgan fingerprint density at radius 1 is 1.52 bits per heavy atom. The molecule has 29 heavy (non-hydrogen) atoms. The Balaban J connectivity index is 1.58. The van der Waals surface area contributed by atoms with Crippen molar-refractivity contribution in [1.29, 1.82) is 0 Å². The maximum atomic E-state index is 13.1. The van der Waals surface area contributed by atoms with Crippen molar-refractivity contribution in [3.05, 3.63) is 36.0 Å². The van der Waals surface area contributed by atoms with Crippen LogP contribution in [0.1, 0.15) is 13.3 Å². The highest BCUT2D eigenvalue weighted by Gasteiger charge is 2.30. The quantitative estimate of drug-likeness (QED) is 0.595. The highest BCUT2D eigenvalue weighted by Crippen LogP contribution is 2.33. The first-order valence-electron chi connectivity index (χ1n) is 9.09. The van der Waals surface area contributed by atoms with Gasteiger partial charge in [-0.25, -0.2) is 4.39 Å². The van der Waals surface area contributed by atoms with E-state index in [0.29, 0.717) is 35.0 Å². The molecule has 4 heterocycles. The Labute approximate surface area is 170 Å². The number of hydrogen-bond acceptors (Lipinski definition) is 6. The number of nitrogens with zero attached hydrogens (tertiary/aromatic N) is 5. The van der Waals surface area contributed by atoms with Crippen LogP contribution in [0, 0.1) is 0 Å². The van der Waals surface area contributed by atoms with Gasteiger partial charge in [0.2, 0.25) is 11.8 Å². The summed E-state index contributed by atoms with van der Waals surface area (Å²) >= 11 is 6.27. The molecule has 3 aromatic heterocycles. The number of aromatic nitrogens is 5. The van der Waals surface area contributed by atoms with Crippen molar-refractivity contribution >= 4 is 40.2 Å². The Hall–Kier alpha value is -3.14. The van der Waals surface area contributed by atoms with Crippen molar-refractivity contribution in [1.82, 2.24) is 29.6 Å². The van der Waals surface area contributed by atoms with Crippen LogP contribution >= 0.6 is 11.6 Å². The van der Waals surface area contributed by atoms with Crippen molar-refractivity contribution in [3.63, 3.8) is 0 Å². The summed E-state index contributed by atoms with van der Waals surface area (Å²) in [5.41, 5.74) is 1.24. The summed E-state index contributed by atoms with van der Waals surface area (Å²) < 4.78 is 20.9. The largest absolute Gasteiger partial charge is 0.472 e. The van der Waals surface area contributed by atoms with Crippen molar-refractivity contribution in [2.24, 2.45) is 0 Å². The van der Waals surface area contributed by atoms with Gasteiger partial charge >= 0.3 is 0 Å². The number of carbonyl (C=O) groups is 1. The van der Waals surface area contributed by atoms with Crippen LogP contribution < -0.4 is 10.1 Å². The second-order valence-corrected chi connectivity index (χ2v) is 7.01. The average Bonchev–Trinajstić information content (AvgIpc) is 3.42. The lowest BCUT2D eigenvalue weighted by atomic mass is 10.3. The molecule has 0 unspecified atom stereocenters. The van der Waals surface area contributed by atoms with E-state index in [1.807, 2.05) is 13.1 Å². The molecule has 2 N–H and O–H groups in total. The number of halogens is 2. The molecule has 11 heteroatoms. The third kappa shape index (κ3) is 3.88. The minimum atomic E-state index is -0.983. The van der Waals surface area contributed by atoms with Gasteiger partial charge in [-0.2, -0.15) is 15.1 Å². The maximum Gasteiger partial charge on any atom is 0.282 e. The third-order valence-corrected chi connectivity index (χ3v) is 4.90. The number of hydrogen-bond donors (Lipinski definition) is 2. The van der Waals surface area contributed by atoms with E-state index in [2.05, 4.69) is 31.9 Å². The van der Waals surface area contributed by atoms with Crippen LogP contribution in [0.4, 0.5) is 16.0 Å². The summed E-state index contributed by atoms with van der Waals surface area (Å²) in [4.78, 5) is 25.0. The lowest BCUT2D eigenvalue weighted by Crippen LogP contribution is -2.31. The molecular formula is C18H19ClFN7O2. The van der Waals surface area contributed by atoms with Gasteiger partial charge in [0, 0.05) is 31.9 Å². The highest BCUT2D eigenvalue weighted by molar-refractivity contribution is 6.35. The first kappa shape index (κ1) is 19.2. The zero-order valence-corrected chi connectivity index (χ0v) is 16.4. The fraction of sp³-hybridized carbons (Fsp3) is 0.333. The monoisotopic (exact) mass is 419 g/mol. The summed E-state index contributed by atoms with van der Waals surface area (Å²) in [7, 11) is 0. The number of rotatable bonds is 6. The lowest BCUT2D eigenvalue weighted by molar-refractivity contribution is -0.127. The van der Waals surface area contributed by atoms with E-state index >= 15 is 0 Å². The van der Waals surface area contributed by atoms with Crippen LogP contribution in [0.15, 0.2) is 31.0 Å². The first-order chi connectivity index (χ1) is 13.9. The molecule has 0 spiro atoms. The molecule has 0 bridgehead atoms. The van der Waals surface area contributed by atoms with Crippen molar-refractivity contribution in [2.75, 3.05) is 18.4 Å². The first-order valence-corrected chi connectivity index (χ1v) is 9.46. The van der Waals surface area contributed by atoms with Gasteiger partial charge in [0.1, 0.15) is 11.8 Å². The molecule has 1 fully saturated rings. The van der Waals surface area contributed by atoms with Gasteiger partial charge in [-0.3, -0.25) is 9.48 Å². The molecule has 0 aliphatic carbocycles. The standard InChI is InChI=1S/C18H19ClFN7O2/c1-3-27-8-11(6-22-27)23-18-24-15-14(13(19)7-21-15)16(25-18)29-12-4-5-26(9-12)17(28)10(2)20/h6-8,12H,2-5,9H2,1H3,(H2,21,23,24,25)/t12-/m1/s1. The fourth-order valence-electron chi connectivity index (χ4n) is 3.17. The van der Waals surface area contributed by atoms with Crippen LogP contribution in [0.2, 0.25) is 5.02 Å². The normalized spacial score (nSPS) is 16.4. The Morgan fingerprint density at radius 3 is 3.07 bits per heavy atom. The molecule has 0 aromatic carbocycles. The number of fused-ring (bicyclic) bond motifs is 1. The van der Waals surface area contributed by atoms with Gasteiger partial charge in [0.15, 0.2) is 5.83 Å². The minimum absolute atomic E-state index is 0.237. The molecular weight excluding hydrogens is 401 g/mol. The van der Waals surface area contributed by atoms with Gasteiger partial charge in [-0.05, 0) is 6.92 Å². The molecule has 152 valence electrons. The second kappa shape index (κ2) is 7.70. The number of aryl methyl sites for hydroxylation is 1. The van der Waals surface area contributed by atoms with Gasteiger partial charge < -0.3 is 19.9 Å². The molecule has 1 aliphatic rings. The summed E-state index contributed by atoms with van der Waals surface area (Å²) in [6.07, 6.45) is 5.30. The smallest absolute Gasteiger partial charge is 0.282 e. The van der Waals surface area contributed by atoms with Crippen molar-refractivity contribution in [2.45, 2.75) is 26.0 Å².